The Morgan fingerprint density at radius 1 is 1.67 bits per heavy atom. The second kappa shape index (κ2) is 4.98. The maximum absolute atomic E-state index is 10.6. The molecule has 0 radical (unpaired) electrons. The van der Waals surface area contributed by atoms with Crippen LogP contribution in [0.4, 0.5) is 0 Å². The maximum atomic E-state index is 10.6. The monoisotopic (exact) mass is 192 g/mol. The molecule has 1 nitrogen and oxygen atoms in total. The third-order valence-corrected chi connectivity index (χ3v) is 2.03. The van der Waals surface area contributed by atoms with Gasteiger partial charge in [0.25, 0.3) is 0 Å². The van der Waals surface area contributed by atoms with Crippen LogP contribution in [0.15, 0.2) is 0 Å². The Hall–Kier alpha value is 0.150. The van der Waals surface area contributed by atoms with E-state index in [1.165, 1.54) is 0 Å². The predicted molar refractivity (Wildman–Crippen MR) is 42.9 cm³/mol. The van der Waals surface area contributed by atoms with Crippen molar-refractivity contribution in [2.24, 2.45) is 5.92 Å². The minimum Gasteiger partial charge on any atom is -0.300 e. The molecule has 9 heavy (non-hydrogen) atoms. The summed E-state index contributed by atoms with van der Waals surface area (Å²) in [5.41, 5.74) is 0. The van der Waals surface area contributed by atoms with Crippen LogP contribution in [0.25, 0.3) is 0 Å². The van der Waals surface area contributed by atoms with E-state index in [0.29, 0.717) is 5.78 Å². The first-order valence-corrected chi connectivity index (χ1v) is 4.37. The van der Waals surface area contributed by atoms with Crippen molar-refractivity contribution in [2.45, 2.75) is 26.7 Å². The third kappa shape index (κ3) is 4.64. The summed E-state index contributed by atoms with van der Waals surface area (Å²) in [6.45, 7) is 3.63. The number of hydrogen-bond acceptors (Lipinski definition) is 1. The SMILES string of the molecule is CC(=O)C(C)CCCBr. The molecule has 54 valence electrons. The number of ketones is 1. The van der Waals surface area contributed by atoms with Gasteiger partial charge in [-0.05, 0) is 19.8 Å². The average Bonchev–Trinajstić information content (AvgIpc) is 1.82. The van der Waals surface area contributed by atoms with Crippen molar-refractivity contribution < 1.29 is 4.79 Å². The average molecular weight is 193 g/mol. The van der Waals surface area contributed by atoms with E-state index in [-0.39, 0.29) is 5.92 Å². The lowest BCUT2D eigenvalue weighted by Gasteiger charge is -2.03. The van der Waals surface area contributed by atoms with E-state index in [0.717, 1.165) is 18.2 Å². The molecule has 0 bridgehead atoms. The zero-order chi connectivity index (χ0) is 7.28. The number of carbonyl (C=O) groups excluding carboxylic acids is 1. The molecule has 0 aromatic carbocycles. The first-order chi connectivity index (χ1) is 4.18. The number of carbonyl (C=O) groups is 1. The molecule has 0 heterocycles. The summed E-state index contributed by atoms with van der Waals surface area (Å²) in [6.07, 6.45) is 2.11. The zero-order valence-electron chi connectivity index (χ0n) is 5.98. The maximum Gasteiger partial charge on any atom is 0.132 e. The van der Waals surface area contributed by atoms with Crippen LogP contribution >= 0.6 is 15.9 Å². The fourth-order valence-corrected chi connectivity index (χ4v) is 0.910. The number of alkyl halides is 1. The van der Waals surface area contributed by atoms with Gasteiger partial charge in [-0.1, -0.05) is 22.9 Å². The molecule has 2 heteroatoms. The molecule has 0 aliphatic heterocycles. The van der Waals surface area contributed by atoms with E-state index >= 15 is 0 Å². The second-order valence-electron chi connectivity index (χ2n) is 2.34. The van der Waals surface area contributed by atoms with Crippen molar-refractivity contribution in [1.29, 1.82) is 0 Å². The Bertz CT molecular complexity index is 90.9. The Morgan fingerprint density at radius 3 is 2.56 bits per heavy atom. The van der Waals surface area contributed by atoms with E-state index < -0.39 is 0 Å². The molecular weight excluding hydrogens is 180 g/mol. The Morgan fingerprint density at radius 2 is 2.22 bits per heavy atom. The highest BCUT2D eigenvalue weighted by molar-refractivity contribution is 9.09. The van der Waals surface area contributed by atoms with Crippen molar-refractivity contribution in [3.8, 4) is 0 Å². The van der Waals surface area contributed by atoms with Crippen LogP contribution < -0.4 is 0 Å². The number of rotatable bonds is 4. The first kappa shape index (κ1) is 9.15. The van der Waals surface area contributed by atoms with Crippen LogP contribution in [-0.2, 0) is 4.79 Å². The molecule has 0 rings (SSSR count). The Labute approximate surface area is 65.0 Å². The molecule has 0 aromatic rings. The number of hydrogen-bond donors (Lipinski definition) is 0. The van der Waals surface area contributed by atoms with Gasteiger partial charge in [-0.3, -0.25) is 4.79 Å². The van der Waals surface area contributed by atoms with Crippen molar-refractivity contribution in [3.63, 3.8) is 0 Å². The van der Waals surface area contributed by atoms with Crippen LogP contribution in [0.2, 0.25) is 0 Å². The van der Waals surface area contributed by atoms with E-state index in [1.807, 2.05) is 6.92 Å². The largest absolute Gasteiger partial charge is 0.300 e. The van der Waals surface area contributed by atoms with E-state index in [4.69, 9.17) is 0 Å². The topological polar surface area (TPSA) is 17.1 Å². The van der Waals surface area contributed by atoms with Gasteiger partial charge >= 0.3 is 0 Å². The molecule has 1 unspecified atom stereocenters. The van der Waals surface area contributed by atoms with Crippen LogP contribution in [0, 0.1) is 5.92 Å². The molecule has 0 amide bonds. The van der Waals surface area contributed by atoms with Crippen molar-refractivity contribution in [1.82, 2.24) is 0 Å². The molecule has 0 aromatic heterocycles. The summed E-state index contributed by atoms with van der Waals surface area (Å²) in [5.74, 6) is 0.554. The van der Waals surface area contributed by atoms with Crippen molar-refractivity contribution >= 4 is 21.7 Å². The quantitative estimate of drug-likeness (QED) is 0.626. The van der Waals surface area contributed by atoms with Gasteiger partial charge in [0.15, 0.2) is 0 Å². The fourth-order valence-electron chi connectivity index (χ4n) is 0.587. The smallest absolute Gasteiger partial charge is 0.132 e. The van der Waals surface area contributed by atoms with E-state index in [9.17, 15) is 4.79 Å². The number of halogens is 1. The fraction of sp³-hybridized carbons (Fsp3) is 0.857. The molecule has 0 spiro atoms. The summed E-state index contributed by atoms with van der Waals surface area (Å²) in [6, 6.07) is 0. The Kier molecular flexibility index (Phi) is 5.06. The molecule has 0 fully saturated rings. The van der Waals surface area contributed by atoms with Gasteiger partial charge in [0.1, 0.15) is 5.78 Å². The molecule has 0 N–H and O–H groups in total. The van der Waals surface area contributed by atoms with Gasteiger partial charge in [0, 0.05) is 11.2 Å². The van der Waals surface area contributed by atoms with Gasteiger partial charge in [-0.15, -0.1) is 0 Å². The molecular formula is C7H13BrO. The molecule has 0 aliphatic carbocycles. The van der Waals surface area contributed by atoms with Gasteiger partial charge in [-0.25, -0.2) is 0 Å². The molecule has 0 aliphatic rings. The lowest BCUT2D eigenvalue weighted by Crippen LogP contribution is -2.05. The van der Waals surface area contributed by atoms with Crippen molar-refractivity contribution in [2.75, 3.05) is 5.33 Å². The number of Topliss-reactive ketones (excluding diaryl/α,β-unsaturated/α-hetero) is 1. The van der Waals surface area contributed by atoms with Gasteiger partial charge < -0.3 is 0 Å². The molecule has 0 saturated heterocycles. The predicted octanol–water partition coefficient (Wildman–Crippen LogP) is 2.39. The molecule has 0 saturated carbocycles. The minimum atomic E-state index is 0.252. The van der Waals surface area contributed by atoms with Crippen LogP contribution in [-0.4, -0.2) is 11.1 Å². The van der Waals surface area contributed by atoms with E-state index in [1.54, 1.807) is 6.92 Å². The highest BCUT2D eigenvalue weighted by Crippen LogP contribution is 2.07. The van der Waals surface area contributed by atoms with Crippen LogP contribution in [0.3, 0.4) is 0 Å². The van der Waals surface area contributed by atoms with Gasteiger partial charge in [-0.2, -0.15) is 0 Å². The van der Waals surface area contributed by atoms with E-state index in [2.05, 4.69) is 15.9 Å². The summed E-state index contributed by atoms with van der Waals surface area (Å²) < 4.78 is 0. The highest BCUT2D eigenvalue weighted by Gasteiger charge is 2.04. The molecule has 1 atom stereocenters. The summed E-state index contributed by atoms with van der Waals surface area (Å²) in [7, 11) is 0. The minimum absolute atomic E-state index is 0.252. The van der Waals surface area contributed by atoms with Crippen molar-refractivity contribution in [3.05, 3.63) is 0 Å². The van der Waals surface area contributed by atoms with Crippen LogP contribution in [0.1, 0.15) is 26.7 Å². The van der Waals surface area contributed by atoms with Gasteiger partial charge in [0.05, 0.1) is 0 Å². The Balaban J connectivity index is 3.27. The van der Waals surface area contributed by atoms with Gasteiger partial charge in [0.2, 0.25) is 0 Å². The summed E-state index contributed by atoms with van der Waals surface area (Å²) >= 11 is 3.32. The normalized spacial score (nSPS) is 13.2. The third-order valence-electron chi connectivity index (χ3n) is 1.46. The zero-order valence-corrected chi connectivity index (χ0v) is 7.57. The lowest BCUT2D eigenvalue weighted by atomic mass is 10.0. The highest BCUT2D eigenvalue weighted by atomic mass is 79.9. The summed E-state index contributed by atoms with van der Waals surface area (Å²) in [4.78, 5) is 10.6. The lowest BCUT2D eigenvalue weighted by molar-refractivity contribution is -0.120. The van der Waals surface area contributed by atoms with Crippen LogP contribution in [0.5, 0.6) is 0 Å². The standard InChI is InChI=1S/C7H13BrO/c1-6(7(2)9)4-3-5-8/h6H,3-5H2,1-2H3. The second-order valence-corrected chi connectivity index (χ2v) is 3.14. The summed E-state index contributed by atoms with van der Waals surface area (Å²) in [5, 5.41) is 1.00. The first-order valence-electron chi connectivity index (χ1n) is 3.25.